The Bertz CT molecular complexity index is 1160. The second-order valence-electron chi connectivity index (χ2n) is 6.75. The zero-order chi connectivity index (χ0) is 24.0. The Balaban J connectivity index is 2.02. The molecule has 170 valence electrons. The van der Waals surface area contributed by atoms with Gasteiger partial charge in [-0.15, -0.1) is 0 Å². The molecule has 1 fully saturated rings. The molecule has 32 heavy (non-hydrogen) atoms. The Morgan fingerprint density at radius 1 is 1.38 bits per heavy atom. The predicted molar refractivity (Wildman–Crippen MR) is 111 cm³/mol. The summed E-state index contributed by atoms with van der Waals surface area (Å²) in [6.45, 7) is 2.66. The van der Waals surface area contributed by atoms with Gasteiger partial charge in [0.15, 0.2) is 28.8 Å². The molecule has 0 aliphatic carbocycles. The summed E-state index contributed by atoms with van der Waals surface area (Å²) in [6, 6.07) is 1.12. The number of phenolic OH excluding ortho intramolecular Hbond substituents is 1. The highest BCUT2D eigenvalue weighted by Crippen LogP contribution is 2.42. The van der Waals surface area contributed by atoms with Gasteiger partial charge in [-0.1, -0.05) is 0 Å². The molecular formula is C19H14BrF4N3O4S. The Hall–Kier alpha value is -2.67. The van der Waals surface area contributed by atoms with E-state index < -0.39 is 58.5 Å². The average Bonchev–Trinajstić information content (AvgIpc) is 2.95. The van der Waals surface area contributed by atoms with Crippen molar-refractivity contribution < 1.29 is 37.0 Å². The second kappa shape index (κ2) is 8.70. The van der Waals surface area contributed by atoms with Crippen LogP contribution in [0.3, 0.4) is 0 Å². The first-order valence-electron chi connectivity index (χ1n) is 8.86. The van der Waals surface area contributed by atoms with Gasteiger partial charge >= 0.3 is 6.18 Å². The van der Waals surface area contributed by atoms with Gasteiger partial charge in [0.2, 0.25) is 11.1 Å². The molecule has 13 heteroatoms. The topological polar surface area (TPSA) is 115 Å². The Kier molecular flexibility index (Phi) is 6.52. The lowest BCUT2D eigenvalue weighted by atomic mass is 10.1. The van der Waals surface area contributed by atoms with Crippen LogP contribution >= 0.6 is 27.7 Å². The fourth-order valence-corrected chi connectivity index (χ4v) is 4.18. The number of nitrogens with zero attached hydrogens (tertiary/aromatic N) is 2. The van der Waals surface area contributed by atoms with Gasteiger partial charge in [0.1, 0.15) is 6.10 Å². The zero-order valence-corrected chi connectivity index (χ0v) is 18.7. The van der Waals surface area contributed by atoms with Gasteiger partial charge in [-0.25, -0.2) is 14.4 Å². The molecular weight excluding hydrogens is 522 g/mol. The van der Waals surface area contributed by atoms with E-state index in [0.29, 0.717) is 11.8 Å². The molecule has 1 aromatic carbocycles. The van der Waals surface area contributed by atoms with E-state index in [1.54, 1.807) is 0 Å². The molecule has 0 bridgehead atoms. The summed E-state index contributed by atoms with van der Waals surface area (Å²) in [5, 5.41) is 9.75. The van der Waals surface area contributed by atoms with Gasteiger partial charge in [-0.3, -0.25) is 9.59 Å². The van der Waals surface area contributed by atoms with Gasteiger partial charge in [0, 0.05) is 11.8 Å². The molecule has 2 heterocycles. The number of carbonyl (C=O) groups excluding carboxylic acids is 2. The van der Waals surface area contributed by atoms with Crippen LogP contribution in [-0.4, -0.2) is 26.0 Å². The van der Waals surface area contributed by atoms with Crippen LogP contribution in [0.4, 0.5) is 23.5 Å². The van der Waals surface area contributed by atoms with E-state index in [0.717, 1.165) is 12.3 Å². The monoisotopic (exact) mass is 535 g/mol. The number of thioether (sulfide) groups is 1. The molecule has 2 unspecified atom stereocenters. The minimum atomic E-state index is -4.87. The summed E-state index contributed by atoms with van der Waals surface area (Å²) in [5.41, 5.74) is 3.45. The zero-order valence-electron chi connectivity index (χ0n) is 16.3. The lowest BCUT2D eigenvalue weighted by Crippen LogP contribution is -2.18. The van der Waals surface area contributed by atoms with Gasteiger partial charge in [0.25, 0.3) is 0 Å². The van der Waals surface area contributed by atoms with Crippen LogP contribution in [0.2, 0.25) is 0 Å². The number of halogens is 5. The minimum Gasteiger partial charge on any atom is -0.502 e. The maximum absolute atomic E-state index is 14.6. The van der Waals surface area contributed by atoms with Crippen LogP contribution in [-0.2, 0) is 15.8 Å². The number of aromatic hydroxyl groups is 1. The molecule has 0 radical (unpaired) electrons. The lowest BCUT2D eigenvalue weighted by molar-refractivity contribution is -0.142. The molecule has 1 aliphatic rings. The first-order chi connectivity index (χ1) is 14.8. The third-order valence-electron chi connectivity index (χ3n) is 4.51. The van der Waals surface area contributed by atoms with Gasteiger partial charge in [-0.05, 0) is 59.2 Å². The largest absolute Gasteiger partial charge is 0.502 e. The van der Waals surface area contributed by atoms with E-state index >= 15 is 0 Å². The molecule has 1 aromatic heterocycles. The summed E-state index contributed by atoms with van der Waals surface area (Å²) in [4.78, 5) is 30.7. The van der Waals surface area contributed by atoms with Crippen molar-refractivity contribution in [3.8, 4) is 11.5 Å². The van der Waals surface area contributed by atoms with Crippen LogP contribution < -0.4 is 10.5 Å². The third-order valence-corrected chi connectivity index (χ3v) is 6.41. The first-order valence-corrected chi connectivity index (χ1v) is 10.5. The van der Waals surface area contributed by atoms with Crippen LogP contribution in [0.15, 0.2) is 21.6 Å². The van der Waals surface area contributed by atoms with Gasteiger partial charge in [0.05, 0.1) is 15.3 Å². The smallest absolute Gasteiger partial charge is 0.433 e. The highest BCUT2D eigenvalue weighted by Gasteiger charge is 2.38. The maximum Gasteiger partial charge on any atom is 0.433 e. The molecule has 3 N–H and O–H groups in total. The number of ether oxygens (including phenoxy) is 1. The number of hydrogen-bond donors (Lipinski definition) is 2. The van der Waals surface area contributed by atoms with Gasteiger partial charge < -0.3 is 15.6 Å². The summed E-state index contributed by atoms with van der Waals surface area (Å²) in [6.07, 6.45) is -4.18. The molecule has 0 spiro atoms. The number of alkyl halides is 3. The number of rotatable bonds is 4. The Morgan fingerprint density at radius 2 is 2.03 bits per heavy atom. The van der Waals surface area contributed by atoms with Gasteiger partial charge in [-0.2, -0.15) is 13.2 Å². The van der Waals surface area contributed by atoms with E-state index in [1.807, 2.05) is 0 Å². The van der Waals surface area contributed by atoms with Crippen molar-refractivity contribution in [2.24, 2.45) is 5.92 Å². The minimum absolute atomic E-state index is 0.0323. The van der Waals surface area contributed by atoms with E-state index in [2.05, 4.69) is 25.9 Å². The molecule has 2 aromatic rings. The predicted octanol–water partition coefficient (Wildman–Crippen LogP) is 4.64. The Labute approximate surface area is 191 Å². The Morgan fingerprint density at radius 3 is 2.59 bits per heavy atom. The molecule has 7 nitrogen and oxygen atoms in total. The number of allylic oxidation sites excluding steroid dienone is 1. The van der Waals surface area contributed by atoms with Crippen molar-refractivity contribution >= 4 is 50.6 Å². The number of phenols is 1. The van der Waals surface area contributed by atoms with Crippen molar-refractivity contribution in [1.82, 2.24) is 9.97 Å². The molecule has 0 amide bonds. The van der Waals surface area contributed by atoms with E-state index in [4.69, 9.17) is 10.5 Å². The average molecular weight is 536 g/mol. The lowest BCUT2D eigenvalue weighted by Gasteiger charge is -2.20. The summed E-state index contributed by atoms with van der Waals surface area (Å²) < 4.78 is 59.7. The number of nitrogen functional groups attached to an aromatic ring is 1. The fraction of sp³-hybridized carbons (Fsp3) is 0.263. The van der Waals surface area contributed by atoms with Crippen LogP contribution in [0.1, 0.15) is 36.8 Å². The van der Waals surface area contributed by atoms with Crippen molar-refractivity contribution in [1.29, 1.82) is 0 Å². The normalized spacial score (nSPS) is 19.0. The van der Waals surface area contributed by atoms with Crippen LogP contribution in [0.5, 0.6) is 11.5 Å². The number of carbonyl (C=O) groups is 2. The summed E-state index contributed by atoms with van der Waals surface area (Å²) in [7, 11) is 0. The number of aromatic nitrogens is 2. The molecule has 1 saturated heterocycles. The number of Topliss-reactive ketones (excluding diaryl/α,β-unsaturated/α-hetero) is 1. The summed E-state index contributed by atoms with van der Waals surface area (Å²) >= 11 is 3.65. The third kappa shape index (κ3) is 4.58. The molecule has 1 aliphatic heterocycles. The highest BCUT2D eigenvalue weighted by molar-refractivity contribution is 9.10. The highest BCUT2D eigenvalue weighted by atomic mass is 79.9. The van der Waals surface area contributed by atoms with Crippen LogP contribution in [0, 0.1) is 11.7 Å². The number of benzene rings is 1. The SMILES string of the molecule is CC1C(=O)S/C(=C\c2cc(OC(C)c3cnc(N)nc3C(F)(F)F)c(O)c(F)c2Br)C1=O. The van der Waals surface area contributed by atoms with E-state index in [9.17, 15) is 32.3 Å². The number of nitrogens with two attached hydrogens (primary N) is 1. The second-order valence-corrected chi connectivity index (χ2v) is 8.59. The molecule has 0 saturated carbocycles. The first kappa shape index (κ1) is 24.0. The maximum atomic E-state index is 14.6. The van der Waals surface area contributed by atoms with Crippen molar-refractivity contribution in [2.75, 3.05) is 5.73 Å². The summed E-state index contributed by atoms with van der Waals surface area (Å²) in [5.74, 6) is -4.53. The van der Waals surface area contributed by atoms with Crippen molar-refractivity contribution in [2.45, 2.75) is 26.1 Å². The molecule has 3 rings (SSSR count). The van der Waals surface area contributed by atoms with Crippen molar-refractivity contribution in [3.05, 3.63) is 44.3 Å². The van der Waals surface area contributed by atoms with Crippen LogP contribution in [0.25, 0.3) is 6.08 Å². The standard InChI is InChI=1S/C19H14BrF4N3O4S/c1-6-14(28)11(32-17(6)30)4-8-3-10(15(29)13(21)12(8)20)31-7(2)9-5-26-18(25)27-16(9)19(22,23)24/h3-7,29H,1-2H3,(H2,25,26,27)/b11-4-. The number of ketones is 1. The number of anilines is 1. The fourth-order valence-electron chi connectivity index (χ4n) is 2.80. The van der Waals surface area contributed by atoms with Crippen molar-refractivity contribution in [3.63, 3.8) is 0 Å². The molecule has 2 atom stereocenters. The quantitative estimate of drug-likeness (QED) is 0.330. The van der Waals surface area contributed by atoms with E-state index in [-0.39, 0.29) is 20.1 Å². The van der Waals surface area contributed by atoms with E-state index in [1.165, 1.54) is 19.9 Å². The number of hydrogen-bond acceptors (Lipinski definition) is 8.